The summed E-state index contributed by atoms with van der Waals surface area (Å²) in [4.78, 5) is 39.8. The number of imide groups is 1. The zero-order valence-corrected chi connectivity index (χ0v) is 18.2. The fourth-order valence-corrected chi connectivity index (χ4v) is 5.54. The summed E-state index contributed by atoms with van der Waals surface area (Å²) in [6.45, 7) is 1.42. The molecule has 1 aromatic rings. The van der Waals surface area contributed by atoms with Crippen molar-refractivity contribution < 1.29 is 32.3 Å². The van der Waals surface area contributed by atoms with Gasteiger partial charge in [0.1, 0.15) is 0 Å². The van der Waals surface area contributed by atoms with Crippen molar-refractivity contribution in [1.29, 1.82) is 0 Å². The van der Waals surface area contributed by atoms with Crippen LogP contribution in [0.3, 0.4) is 0 Å². The highest BCUT2D eigenvalue weighted by Gasteiger charge is 2.44. The Morgan fingerprint density at radius 3 is 2.58 bits per heavy atom. The number of benzene rings is 1. The zero-order chi connectivity index (χ0) is 22.8. The van der Waals surface area contributed by atoms with Gasteiger partial charge in [-0.3, -0.25) is 14.9 Å². The number of piperidine rings is 1. The Balaban J connectivity index is 1.74. The molecule has 1 fully saturated rings. The predicted octanol–water partition coefficient (Wildman–Crippen LogP) is 0.763. The number of ether oxygens (including phenoxy) is 2. The Kier molecular flexibility index (Phi) is 6.60. The minimum atomic E-state index is -4.14. The first-order chi connectivity index (χ1) is 14.7. The molecule has 12 heteroatoms. The number of sulfonamides is 1. The van der Waals surface area contributed by atoms with Gasteiger partial charge in [-0.2, -0.15) is 0 Å². The van der Waals surface area contributed by atoms with Crippen LogP contribution in [0.15, 0.2) is 23.2 Å². The highest BCUT2D eigenvalue weighted by molar-refractivity contribution is 7.91. The van der Waals surface area contributed by atoms with Crippen molar-refractivity contribution in [3.8, 4) is 11.5 Å². The van der Waals surface area contributed by atoms with Crippen molar-refractivity contribution in [3.63, 3.8) is 0 Å². The number of hydrogen-bond donors (Lipinski definition) is 2. The Morgan fingerprint density at radius 1 is 1.23 bits per heavy atom. The van der Waals surface area contributed by atoms with E-state index < -0.39 is 33.1 Å². The van der Waals surface area contributed by atoms with Gasteiger partial charge in [0.15, 0.2) is 16.7 Å². The third-order valence-corrected chi connectivity index (χ3v) is 7.39. The standard InChI is InChI=1S/C19H24N4O7S/c1-11-16(18(25)22-19(26)20-11)31(27,28)23-8-4-5-12(10-23)17(24)21-13-6-7-14(29-2)15(9-13)30-3/h6-7,9,12,16H,4-5,8,10H2,1-3H3,(H,21,24)(H,22,25,26). The molecular weight excluding hydrogens is 428 g/mol. The second-order valence-electron chi connectivity index (χ2n) is 7.23. The van der Waals surface area contributed by atoms with Gasteiger partial charge in [-0.1, -0.05) is 0 Å². The monoisotopic (exact) mass is 452 g/mol. The van der Waals surface area contributed by atoms with Crippen LogP contribution in [0.2, 0.25) is 0 Å². The van der Waals surface area contributed by atoms with E-state index in [9.17, 15) is 22.8 Å². The smallest absolute Gasteiger partial charge is 0.347 e. The first-order valence-corrected chi connectivity index (χ1v) is 11.1. The van der Waals surface area contributed by atoms with Crippen LogP contribution in [0.4, 0.5) is 10.5 Å². The van der Waals surface area contributed by atoms with Crippen LogP contribution in [0, 0.1) is 5.92 Å². The SMILES string of the molecule is COc1ccc(NC(=O)C2CCCN(S(=O)(=O)C3C(=O)NC(=O)N=C3C)C2)cc1OC. The molecule has 31 heavy (non-hydrogen) atoms. The first-order valence-electron chi connectivity index (χ1n) is 9.59. The fraction of sp³-hybridized carbons (Fsp3) is 0.474. The molecule has 168 valence electrons. The molecule has 11 nitrogen and oxygen atoms in total. The molecule has 0 spiro atoms. The molecular formula is C19H24N4O7S. The summed E-state index contributed by atoms with van der Waals surface area (Å²) in [5, 5.41) is 3.10. The Labute approximate surface area is 179 Å². The van der Waals surface area contributed by atoms with Gasteiger partial charge >= 0.3 is 6.03 Å². The lowest BCUT2D eigenvalue weighted by atomic mass is 9.98. The van der Waals surface area contributed by atoms with E-state index >= 15 is 0 Å². The van der Waals surface area contributed by atoms with Crippen molar-refractivity contribution in [2.45, 2.75) is 25.0 Å². The quantitative estimate of drug-likeness (QED) is 0.649. The molecule has 0 bridgehead atoms. The van der Waals surface area contributed by atoms with Crippen molar-refractivity contribution in [3.05, 3.63) is 18.2 Å². The van der Waals surface area contributed by atoms with Crippen molar-refractivity contribution >= 4 is 39.3 Å². The number of amides is 4. The molecule has 0 radical (unpaired) electrons. The van der Waals surface area contributed by atoms with E-state index in [0.717, 1.165) is 4.31 Å². The second kappa shape index (κ2) is 9.02. The highest BCUT2D eigenvalue weighted by atomic mass is 32.2. The average Bonchev–Trinajstić information content (AvgIpc) is 2.72. The molecule has 2 aliphatic rings. The van der Waals surface area contributed by atoms with E-state index in [1.54, 1.807) is 18.2 Å². The minimum Gasteiger partial charge on any atom is -0.493 e. The maximum atomic E-state index is 13.1. The van der Waals surface area contributed by atoms with Crippen LogP contribution < -0.4 is 20.1 Å². The summed E-state index contributed by atoms with van der Waals surface area (Å²) in [7, 11) is -1.16. The highest BCUT2D eigenvalue weighted by Crippen LogP contribution is 2.30. The van der Waals surface area contributed by atoms with E-state index in [1.807, 2.05) is 5.32 Å². The van der Waals surface area contributed by atoms with Gasteiger partial charge in [0.2, 0.25) is 15.9 Å². The molecule has 0 saturated carbocycles. The van der Waals surface area contributed by atoms with Gasteiger partial charge in [-0.15, -0.1) is 0 Å². The molecule has 4 amide bonds. The molecule has 2 heterocycles. The van der Waals surface area contributed by atoms with E-state index in [2.05, 4.69) is 10.3 Å². The van der Waals surface area contributed by atoms with Crippen LogP contribution in [0.25, 0.3) is 0 Å². The average molecular weight is 452 g/mol. The van der Waals surface area contributed by atoms with Crippen LogP contribution >= 0.6 is 0 Å². The maximum Gasteiger partial charge on any atom is 0.347 e. The van der Waals surface area contributed by atoms with Gasteiger partial charge in [0.25, 0.3) is 5.91 Å². The number of urea groups is 1. The number of aliphatic imine (C=N–C) groups is 1. The third kappa shape index (κ3) is 4.69. The lowest BCUT2D eigenvalue weighted by molar-refractivity contribution is -0.121. The fourth-order valence-electron chi connectivity index (χ4n) is 3.65. The Bertz CT molecular complexity index is 1040. The number of anilines is 1. The largest absolute Gasteiger partial charge is 0.493 e. The lowest BCUT2D eigenvalue weighted by Crippen LogP contribution is -2.56. The number of rotatable bonds is 6. The van der Waals surface area contributed by atoms with Gasteiger partial charge < -0.3 is 14.8 Å². The number of methoxy groups -OCH3 is 2. The van der Waals surface area contributed by atoms with E-state index in [-0.39, 0.29) is 24.7 Å². The van der Waals surface area contributed by atoms with Crippen LogP contribution in [0.5, 0.6) is 11.5 Å². The van der Waals surface area contributed by atoms with Gasteiger partial charge in [-0.25, -0.2) is 22.5 Å². The lowest BCUT2D eigenvalue weighted by Gasteiger charge is -2.34. The number of hydrogen-bond acceptors (Lipinski definition) is 7. The zero-order valence-electron chi connectivity index (χ0n) is 17.4. The molecule has 0 aromatic heterocycles. The number of carbonyl (C=O) groups excluding carboxylic acids is 3. The number of carbonyl (C=O) groups is 3. The second-order valence-corrected chi connectivity index (χ2v) is 9.25. The van der Waals surface area contributed by atoms with Crippen molar-refractivity contribution in [2.75, 3.05) is 32.6 Å². The molecule has 3 rings (SSSR count). The summed E-state index contributed by atoms with van der Waals surface area (Å²) >= 11 is 0. The molecule has 2 unspecified atom stereocenters. The Hall–Kier alpha value is -2.99. The minimum absolute atomic E-state index is 0.0769. The summed E-state index contributed by atoms with van der Waals surface area (Å²) < 4.78 is 37.6. The molecule has 2 aliphatic heterocycles. The molecule has 2 N–H and O–H groups in total. The van der Waals surface area contributed by atoms with Gasteiger partial charge in [-0.05, 0) is 31.9 Å². The Morgan fingerprint density at radius 2 is 1.94 bits per heavy atom. The first kappa shape index (κ1) is 22.7. The van der Waals surface area contributed by atoms with Gasteiger partial charge in [0.05, 0.1) is 20.1 Å². The summed E-state index contributed by atoms with van der Waals surface area (Å²) in [6.07, 6.45) is 0.945. The number of nitrogens with zero attached hydrogens (tertiary/aromatic N) is 2. The van der Waals surface area contributed by atoms with Gasteiger partial charge in [0, 0.05) is 30.6 Å². The number of nitrogens with one attached hydrogen (secondary N) is 2. The summed E-state index contributed by atoms with van der Waals surface area (Å²) in [6, 6.07) is 4.02. The van der Waals surface area contributed by atoms with E-state index in [1.165, 1.54) is 21.1 Å². The van der Waals surface area contributed by atoms with Crippen LogP contribution in [0.1, 0.15) is 19.8 Å². The van der Waals surface area contributed by atoms with E-state index in [4.69, 9.17) is 9.47 Å². The van der Waals surface area contributed by atoms with Crippen LogP contribution in [-0.2, 0) is 19.6 Å². The van der Waals surface area contributed by atoms with Crippen molar-refractivity contribution in [1.82, 2.24) is 9.62 Å². The van der Waals surface area contributed by atoms with Crippen molar-refractivity contribution in [2.24, 2.45) is 10.9 Å². The van der Waals surface area contributed by atoms with Crippen LogP contribution in [-0.4, -0.2) is 68.8 Å². The maximum absolute atomic E-state index is 13.1. The molecule has 2 atom stereocenters. The normalized spacial score (nSPS) is 22.4. The predicted molar refractivity (Wildman–Crippen MR) is 112 cm³/mol. The summed E-state index contributed by atoms with van der Waals surface area (Å²) in [5.41, 5.74) is 0.390. The molecule has 1 saturated heterocycles. The topological polar surface area (TPSA) is 143 Å². The van der Waals surface area contributed by atoms with E-state index in [0.29, 0.717) is 30.0 Å². The summed E-state index contributed by atoms with van der Waals surface area (Å²) in [5.74, 6) is -0.935. The molecule has 0 aliphatic carbocycles. The third-order valence-electron chi connectivity index (χ3n) is 5.19. The molecule has 1 aromatic carbocycles.